The highest BCUT2D eigenvalue weighted by Crippen LogP contribution is 2.30. The number of nitrogens with zero attached hydrogens (tertiary/aromatic N) is 1. The molecule has 0 spiro atoms. The zero-order valence-electron chi connectivity index (χ0n) is 13.2. The highest BCUT2D eigenvalue weighted by atomic mass is 19.1. The predicted octanol–water partition coefficient (Wildman–Crippen LogP) is 2.67. The number of carboxylic acids is 1. The van der Waals surface area contributed by atoms with E-state index in [-0.39, 0.29) is 24.2 Å². The van der Waals surface area contributed by atoms with Crippen molar-refractivity contribution in [2.24, 2.45) is 11.8 Å². The molecule has 1 amide bonds. The average Bonchev–Trinajstić information content (AvgIpc) is 2.46. The highest BCUT2D eigenvalue weighted by molar-refractivity contribution is 5.88. The van der Waals surface area contributed by atoms with Gasteiger partial charge in [-0.15, -0.1) is 0 Å². The third kappa shape index (κ3) is 3.29. The van der Waals surface area contributed by atoms with E-state index in [4.69, 9.17) is 0 Å². The summed E-state index contributed by atoms with van der Waals surface area (Å²) in [6, 6.07) is 5.89. The maximum Gasteiger partial charge on any atom is 0.308 e. The molecule has 2 atom stereocenters. The van der Waals surface area contributed by atoms with Crippen LogP contribution in [0.3, 0.4) is 0 Å². The number of carbonyl (C=O) groups excluding carboxylic acids is 1. The van der Waals surface area contributed by atoms with E-state index in [0.717, 1.165) is 5.56 Å². The zero-order valence-corrected chi connectivity index (χ0v) is 13.2. The normalized spacial score (nSPS) is 22.5. The number of aliphatic carboxylic acids is 1. The first-order valence-electron chi connectivity index (χ1n) is 7.50. The minimum absolute atomic E-state index is 0.114. The van der Waals surface area contributed by atoms with Crippen LogP contribution in [-0.2, 0) is 15.0 Å². The van der Waals surface area contributed by atoms with Crippen LogP contribution >= 0.6 is 0 Å². The van der Waals surface area contributed by atoms with Crippen LogP contribution in [0.15, 0.2) is 24.3 Å². The summed E-state index contributed by atoms with van der Waals surface area (Å²) in [6.45, 7) is 6.34. The van der Waals surface area contributed by atoms with E-state index < -0.39 is 17.3 Å². The molecule has 5 heteroatoms. The standard InChI is InChI=1S/C17H22FNO3/c1-11-8-12(15(20)21)10-19(9-11)16(22)17(2,3)13-4-6-14(18)7-5-13/h4-7,11-12H,8-10H2,1-3H3,(H,20,21). The summed E-state index contributed by atoms with van der Waals surface area (Å²) in [5, 5.41) is 9.23. The lowest BCUT2D eigenvalue weighted by Crippen LogP contribution is -2.51. The molecule has 1 N–H and O–H groups in total. The molecule has 0 aromatic heterocycles. The van der Waals surface area contributed by atoms with Crippen LogP contribution in [0.4, 0.5) is 4.39 Å². The van der Waals surface area contributed by atoms with Crippen LogP contribution in [-0.4, -0.2) is 35.0 Å². The van der Waals surface area contributed by atoms with Crippen molar-refractivity contribution in [3.63, 3.8) is 0 Å². The van der Waals surface area contributed by atoms with E-state index in [9.17, 15) is 19.1 Å². The molecule has 1 fully saturated rings. The van der Waals surface area contributed by atoms with Crippen molar-refractivity contribution < 1.29 is 19.1 Å². The first-order valence-corrected chi connectivity index (χ1v) is 7.50. The lowest BCUT2D eigenvalue weighted by molar-refractivity contribution is -0.148. The van der Waals surface area contributed by atoms with Gasteiger partial charge < -0.3 is 10.0 Å². The van der Waals surface area contributed by atoms with Gasteiger partial charge in [0.05, 0.1) is 11.3 Å². The van der Waals surface area contributed by atoms with Gasteiger partial charge in [-0.1, -0.05) is 19.1 Å². The Balaban J connectivity index is 2.21. The van der Waals surface area contributed by atoms with Crippen molar-refractivity contribution in [1.82, 2.24) is 4.90 Å². The topological polar surface area (TPSA) is 57.6 Å². The number of piperidine rings is 1. The summed E-state index contributed by atoms with van der Waals surface area (Å²) in [7, 11) is 0. The maximum absolute atomic E-state index is 13.1. The molecule has 2 rings (SSSR count). The molecule has 1 aromatic rings. The number of hydrogen-bond acceptors (Lipinski definition) is 2. The van der Waals surface area contributed by atoms with E-state index in [0.29, 0.717) is 13.0 Å². The number of likely N-dealkylation sites (tertiary alicyclic amines) is 1. The molecular formula is C17H22FNO3. The summed E-state index contributed by atoms with van der Waals surface area (Å²) in [5.41, 5.74) is -0.0858. The van der Waals surface area contributed by atoms with Gasteiger partial charge in [0, 0.05) is 13.1 Å². The van der Waals surface area contributed by atoms with E-state index in [1.54, 1.807) is 30.9 Å². The molecule has 120 valence electrons. The molecule has 1 heterocycles. The average molecular weight is 307 g/mol. The number of hydrogen-bond donors (Lipinski definition) is 1. The molecule has 22 heavy (non-hydrogen) atoms. The Kier molecular flexibility index (Phi) is 4.54. The van der Waals surface area contributed by atoms with Gasteiger partial charge in [-0.25, -0.2) is 4.39 Å². The summed E-state index contributed by atoms with van der Waals surface area (Å²) >= 11 is 0. The molecule has 0 bridgehead atoms. The number of carboxylic acid groups (broad SMARTS) is 1. The Hall–Kier alpha value is -1.91. The third-order valence-corrected chi connectivity index (χ3v) is 4.40. The minimum atomic E-state index is -0.857. The largest absolute Gasteiger partial charge is 0.481 e. The third-order valence-electron chi connectivity index (χ3n) is 4.40. The summed E-state index contributed by atoms with van der Waals surface area (Å²) in [4.78, 5) is 25.7. The van der Waals surface area contributed by atoms with Crippen molar-refractivity contribution in [1.29, 1.82) is 0 Å². The lowest BCUT2D eigenvalue weighted by atomic mass is 9.81. The van der Waals surface area contributed by atoms with Crippen molar-refractivity contribution in [2.45, 2.75) is 32.6 Å². The molecular weight excluding hydrogens is 285 g/mol. The van der Waals surface area contributed by atoms with Crippen molar-refractivity contribution in [3.05, 3.63) is 35.6 Å². The predicted molar refractivity (Wildman–Crippen MR) is 80.9 cm³/mol. The van der Waals surface area contributed by atoms with Crippen molar-refractivity contribution >= 4 is 11.9 Å². The van der Waals surface area contributed by atoms with Gasteiger partial charge in [-0.05, 0) is 43.9 Å². The quantitative estimate of drug-likeness (QED) is 0.934. The van der Waals surface area contributed by atoms with Crippen molar-refractivity contribution in [2.75, 3.05) is 13.1 Å². The fourth-order valence-corrected chi connectivity index (χ4v) is 3.08. The van der Waals surface area contributed by atoms with Gasteiger partial charge in [0.1, 0.15) is 5.82 Å². The van der Waals surface area contributed by atoms with Crippen LogP contribution < -0.4 is 0 Å². The zero-order chi connectivity index (χ0) is 16.5. The first kappa shape index (κ1) is 16.5. The molecule has 4 nitrogen and oxygen atoms in total. The van der Waals surface area contributed by atoms with Crippen LogP contribution in [0.25, 0.3) is 0 Å². The second-order valence-corrected chi connectivity index (χ2v) is 6.72. The van der Waals surface area contributed by atoms with Crippen LogP contribution in [0.5, 0.6) is 0 Å². The molecule has 0 aliphatic carbocycles. The fourth-order valence-electron chi connectivity index (χ4n) is 3.08. The SMILES string of the molecule is CC1CC(C(=O)O)CN(C(=O)C(C)(C)c2ccc(F)cc2)C1. The van der Waals surface area contributed by atoms with Gasteiger partial charge in [0.25, 0.3) is 0 Å². The van der Waals surface area contributed by atoms with Crippen LogP contribution in [0.2, 0.25) is 0 Å². The molecule has 1 saturated heterocycles. The molecule has 0 radical (unpaired) electrons. The number of rotatable bonds is 3. The number of halogens is 1. The second-order valence-electron chi connectivity index (χ2n) is 6.72. The maximum atomic E-state index is 13.1. The van der Waals surface area contributed by atoms with Gasteiger partial charge in [-0.2, -0.15) is 0 Å². The Morgan fingerprint density at radius 2 is 1.82 bits per heavy atom. The Bertz CT molecular complexity index is 568. The first-order chi connectivity index (χ1) is 10.2. The highest BCUT2D eigenvalue weighted by Gasteiger charge is 2.38. The second kappa shape index (κ2) is 6.07. The fraction of sp³-hybridized carbons (Fsp3) is 0.529. The Morgan fingerprint density at radius 3 is 2.36 bits per heavy atom. The summed E-state index contributed by atoms with van der Waals surface area (Å²) < 4.78 is 13.1. The lowest BCUT2D eigenvalue weighted by Gasteiger charge is -2.39. The van der Waals surface area contributed by atoms with E-state index in [1.165, 1.54) is 12.1 Å². The number of amides is 1. The minimum Gasteiger partial charge on any atom is -0.481 e. The van der Waals surface area contributed by atoms with Crippen LogP contribution in [0.1, 0.15) is 32.8 Å². The summed E-state index contributed by atoms with van der Waals surface area (Å²) in [6.07, 6.45) is 0.593. The van der Waals surface area contributed by atoms with Crippen LogP contribution in [0, 0.1) is 17.7 Å². The molecule has 2 unspecified atom stereocenters. The van der Waals surface area contributed by atoms with Gasteiger partial charge in [0.15, 0.2) is 0 Å². The van der Waals surface area contributed by atoms with Gasteiger partial charge in [-0.3, -0.25) is 9.59 Å². The summed E-state index contributed by atoms with van der Waals surface area (Å²) in [5.74, 6) is -1.68. The van der Waals surface area contributed by atoms with E-state index >= 15 is 0 Å². The van der Waals surface area contributed by atoms with Gasteiger partial charge >= 0.3 is 5.97 Å². The molecule has 1 aliphatic rings. The molecule has 1 aromatic carbocycles. The number of benzene rings is 1. The Labute approximate surface area is 129 Å². The smallest absolute Gasteiger partial charge is 0.308 e. The van der Waals surface area contributed by atoms with E-state index in [2.05, 4.69) is 0 Å². The van der Waals surface area contributed by atoms with Gasteiger partial charge in [0.2, 0.25) is 5.91 Å². The molecule has 1 aliphatic heterocycles. The monoisotopic (exact) mass is 307 g/mol. The molecule has 0 saturated carbocycles. The number of carbonyl (C=O) groups is 2. The Morgan fingerprint density at radius 1 is 1.23 bits per heavy atom. The van der Waals surface area contributed by atoms with Crippen molar-refractivity contribution in [3.8, 4) is 0 Å². The van der Waals surface area contributed by atoms with E-state index in [1.807, 2.05) is 6.92 Å².